The Morgan fingerprint density at radius 1 is 0.689 bits per heavy atom. The van der Waals surface area contributed by atoms with E-state index in [2.05, 4.69) is 35.8 Å². The highest BCUT2D eigenvalue weighted by Gasteiger charge is 2.21. The minimum absolute atomic E-state index is 0. The molecule has 0 aliphatic rings. The lowest BCUT2D eigenvalue weighted by molar-refractivity contribution is -0.220. The van der Waals surface area contributed by atoms with Crippen LogP contribution in [0.25, 0.3) is 0 Å². The van der Waals surface area contributed by atoms with Gasteiger partial charge < -0.3 is 30.9 Å². The summed E-state index contributed by atoms with van der Waals surface area (Å²) in [5.41, 5.74) is 0. The maximum Gasteiger partial charge on any atom is 0.265 e. The van der Waals surface area contributed by atoms with E-state index in [0.717, 1.165) is 57.8 Å². The number of hydrogen-bond acceptors (Lipinski definition) is 5. The van der Waals surface area contributed by atoms with Crippen molar-refractivity contribution in [2.24, 2.45) is 0 Å². The molecule has 0 rings (SSSR count). The average molecular weight is 661 g/mol. The quantitative estimate of drug-likeness (QED) is 0.0312. The zero-order valence-corrected chi connectivity index (χ0v) is 30.4. The normalized spacial score (nSPS) is 14.4. The maximum atomic E-state index is 12.5. The van der Waals surface area contributed by atoms with Gasteiger partial charge in [-0.2, -0.15) is 0 Å². The minimum Gasteiger partial charge on any atom is -0.756 e. The van der Waals surface area contributed by atoms with E-state index in [0.29, 0.717) is 6.42 Å². The Hall–Kier alpha value is -1.02. The first-order valence-electron chi connectivity index (χ1n) is 18.3. The molecule has 3 atom stereocenters. The second-order valence-corrected chi connectivity index (χ2v) is 13.7. The van der Waals surface area contributed by atoms with Gasteiger partial charge >= 0.3 is 0 Å². The van der Waals surface area contributed by atoms with Gasteiger partial charge in [-0.05, 0) is 44.9 Å². The number of quaternary nitrogens is 1. The zero-order chi connectivity index (χ0) is 32.6. The molecule has 8 nitrogen and oxygen atoms in total. The van der Waals surface area contributed by atoms with Crippen LogP contribution >= 0.6 is 7.82 Å². The van der Waals surface area contributed by atoms with Crippen LogP contribution in [-0.2, 0) is 13.9 Å². The number of aliphatic hydroxyl groups excluding tert-OH is 1. The van der Waals surface area contributed by atoms with Crippen molar-refractivity contribution in [1.82, 2.24) is 11.5 Å². The molecule has 0 aromatic carbocycles. The van der Waals surface area contributed by atoms with Gasteiger partial charge in [-0.25, -0.2) is 0 Å². The first kappa shape index (κ1) is 46.1. The standard InChI is InChI=1S/C36H70NO6P.H3N/c1-3-5-7-9-11-13-15-17-18-20-22-24-26-28-30-32-36(39)37-34(33-43-44(40,41)42)35(38)31-29-27-25-23-21-19-16-14-12-10-8-6-4-2;/h17-18,29,31,34-35,38H,3-16,19-28,30,32-33H2,1-2H3,(H,37,39)(H2,40,41,42);1H3/t34-,35+;/m0./s1. The molecule has 0 spiro atoms. The van der Waals surface area contributed by atoms with Crippen molar-refractivity contribution in [1.29, 1.82) is 0 Å². The van der Waals surface area contributed by atoms with Gasteiger partial charge in [0.05, 0.1) is 18.8 Å². The monoisotopic (exact) mass is 661 g/mol. The molecular weight excluding hydrogens is 587 g/mol. The molecule has 0 heterocycles. The summed E-state index contributed by atoms with van der Waals surface area (Å²) in [4.78, 5) is 32.6. The van der Waals surface area contributed by atoms with Gasteiger partial charge in [0.2, 0.25) is 5.91 Å². The Balaban J connectivity index is 0. The van der Waals surface area contributed by atoms with E-state index >= 15 is 0 Å². The Morgan fingerprint density at radius 3 is 1.49 bits per heavy atom. The van der Waals surface area contributed by atoms with Gasteiger partial charge in [0.15, 0.2) is 0 Å². The summed E-state index contributed by atoms with van der Waals surface area (Å²) in [6.07, 6.45) is 37.4. The number of nitrogens with one attached hydrogen (secondary N) is 1. The van der Waals surface area contributed by atoms with Crippen LogP contribution < -0.4 is 16.4 Å². The first-order valence-corrected chi connectivity index (χ1v) is 19.8. The lowest BCUT2D eigenvalue weighted by atomic mass is 10.0. The molecular formula is C36H73N2O6P. The number of carbonyl (C=O) groups is 1. The van der Waals surface area contributed by atoms with Crippen LogP contribution in [-0.4, -0.2) is 34.7 Å². The lowest BCUT2D eigenvalue weighted by Crippen LogP contribution is -2.45. The van der Waals surface area contributed by atoms with Crippen LogP contribution in [0.5, 0.6) is 0 Å². The Bertz CT molecular complexity index is 743. The van der Waals surface area contributed by atoms with E-state index in [9.17, 15) is 19.4 Å². The van der Waals surface area contributed by atoms with Gasteiger partial charge in [-0.3, -0.25) is 9.36 Å². The van der Waals surface area contributed by atoms with Crippen LogP contribution in [0.4, 0.5) is 0 Å². The number of phosphoric acid groups is 1. The highest BCUT2D eigenvalue weighted by atomic mass is 31.2. The average Bonchev–Trinajstić information content (AvgIpc) is 2.99. The number of rotatable bonds is 33. The molecule has 7 N–H and O–H groups in total. The summed E-state index contributed by atoms with van der Waals surface area (Å²) in [6.45, 7) is 3.97. The fourth-order valence-electron chi connectivity index (χ4n) is 5.33. The highest BCUT2D eigenvalue weighted by molar-refractivity contribution is 7.44. The van der Waals surface area contributed by atoms with Crippen molar-refractivity contribution >= 4 is 13.7 Å². The molecule has 0 fully saturated rings. The predicted molar refractivity (Wildman–Crippen MR) is 189 cm³/mol. The van der Waals surface area contributed by atoms with Crippen LogP contribution in [0, 0.1) is 0 Å². The smallest absolute Gasteiger partial charge is 0.265 e. The molecule has 0 saturated heterocycles. The molecule has 0 saturated carbocycles. The van der Waals surface area contributed by atoms with Crippen molar-refractivity contribution in [2.75, 3.05) is 6.61 Å². The predicted octanol–water partition coefficient (Wildman–Crippen LogP) is 9.98. The fourth-order valence-corrected chi connectivity index (χ4v) is 5.68. The third-order valence-corrected chi connectivity index (χ3v) is 8.62. The van der Waals surface area contributed by atoms with Crippen molar-refractivity contribution in [3.63, 3.8) is 0 Å². The number of allylic oxidation sites excluding steroid dienone is 3. The SMILES string of the molecule is CCCCCCCCC=CCCCCCCCC(=O)N[C@@H](COP(=O)([O-])O)[C@H](O)C=CCCCCCCCCCCCCC.[NH4+]. The third kappa shape index (κ3) is 35.7. The Labute approximate surface area is 277 Å². The van der Waals surface area contributed by atoms with Crippen molar-refractivity contribution in [3.8, 4) is 0 Å². The molecule has 45 heavy (non-hydrogen) atoms. The van der Waals surface area contributed by atoms with Gasteiger partial charge in [-0.1, -0.05) is 154 Å². The van der Waals surface area contributed by atoms with E-state index in [4.69, 9.17) is 4.89 Å². The van der Waals surface area contributed by atoms with Crippen molar-refractivity contribution in [3.05, 3.63) is 24.3 Å². The van der Waals surface area contributed by atoms with Crippen LogP contribution in [0.2, 0.25) is 0 Å². The van der Waals surface area contributed by atoms with Gasteiger partial charge in [-0.15, -0.1) is 0 Å². The molecule has 268 valence electrons. The molecule has 0 aromatic rings. The van der Waals surface area contributed by atoms with E-state index in [1.54, 1.807) is 6.08 Å². The number of amides is 1. The van der Waals surface area contributed by atoms with E-state index in [1.807, 2.05) is 6.08 Å². The molecule has 0 aliphatic heterocycles. The molecule has 0 radical (unpaired) electrons. The Kier molecular flexibility index (Phi) is 35.2. The summed E-state index contributed by atoms with van der Waals surface area (Å²) in [6, 6.07) is -0.950. The fraction of sp³-hybridized carbons (Fsp3) is 0.861. The largest absolute Gasteiger partial charge is 0.756 e. The van der Waals surface area contributed by atoms with E-state index in [-0.39, 0.29) is 12.1 Å². The number of aliphatic hydroxyl groups is 1. The summed E-state index contributed by atoms with van der Waals surface area (Å²) < 4.78 is 15.6. The molecule has 0 bridgehead atoms. The third-order valence-electron chi connectivity index (χ3n) is 8.15. The molecule has 1 amide bonds. The number of unbranched alkanes of at least 4 members (excludes halogenated alkanes) is 22. The van der Waals surface area contributed by atoms with E-state index < -0.39 is 26.6 Å². The second kappa shape index (κ2) is 34.3. The number of carbonyl (C=O) groups excluding carboxylic acids is 1. The molecule has 9 heteroatoms. The van der Waals surface area contributed by atoms with Crippen molar-refractivity contribution < 1.29 is 28.8 Å². The lowest BCUT2D eigenvalue weighted by Gasteiger charge is -2.25. The van der Waals surface area contributed by atoms with Crippen LogP contribution in [0.1, 0.15) is 181 Å². The Morgan fingerprint density at radius 2 is 1.07 bits per heavy atom. The molecule has 0 aromatic heterocycles. The number of hydrogen-bond donors (Lipinski definition) is 4. The molecule has 1 unspecified atom stereocenters. The second-order valence-electron chi connectivity index (χ2n) is 12.5. The minimum atomic E-state index is -4.96. The zero-order valence-electron chi connectivity index (χ0n) is 29.5. The van der Waals surface area contributed by atoms with E-state index in [1.165, 1.54) is 103 Å². The summed E-state index contributed by atoms with van der Waals surface area (Å²) in [5.74, 6) is -0.257. The molecule has 0 aliphatic carbocycles. The van der Waals surface area contributed by atoms with Crippen LogP contribution in [0.15, 0.2) is 24.3 Å². The summed E-state index contributed by atoms with van der Waals surface area (Å²) in [7, 11) is -4.96. The highest BCUT2D eigenvalue weighted by Crippen LogP contribution is 2.30. The topological polar surface area (TPSA) is 155 Å². The summed E-state index contributed by atoms with van der Waals surface area (Å²) in [5, 5.41) is 13.3. The van der Waals surface area contributed by atoms with Gasteiger partial charge in [0, 0.05) is 6.42 Å². The van der Waals surface area contributed by atoms with Gasteiger partial charge in [0.1, 0.15) is 0 Å². The number of phosphoric ester groups is 1. The van der Waals surface area contributed by atoms with Gasteiger partial charge in [0.25, 0.3) is 7.82 Å². The van der Waals surface area contributed by atoms with Crippen molar-refractivity contribution in [2.45, 2.75) is 193 Å². The maximum absolute atomic E-state index is 12.5. The van der Waals surface area contributed by atoms with Crippen LogP contribution in [0.3, 0.4) is 0 Å². The first-order chi connectivity index (χ1) is 21.3. The summed E-state index contributed by atoms with van der Waals surface area (Å²) >= 11 is 0.